The predicted molar refractivity (Wildman–Crippen MR) is 132 cm³/mol. The minimum Gasteiger partial charge on any atom is -0.480 e. The van der Waals surface area contributed by atoms with Crippen LogP contribution in [0, 0.1) is 5.92 Å². The van der Waals surface area contributed by atoms with Crippen LogP contribution in [0.1, 0.15) is 42.7 Å². The van der Waals surface area contributed by atoms with Crippen LogP contribution in [0.25, 0.3) is 11.1 Å². The monoisotopic (exact) mass is 479 g/mol. The molecule has 3 atom stereocenters. The number of nitrogens with one attached hydrogen (secondary N) is 2. The largest absolute Gasteiger partial charge is 0.480 e. The minimum absolute atomic E-state index is 0.0381. The van der Waals surface area contributed by atoms with E-state index in [1.165, 1.54) is 0 Å². The van der Waals surface area contributed by atoms with Gasteiger partial charge in [0.1, 0.15) is 12.6 Å². The van der Waals surface area contributed by atoms with Gasteiger partial charge in [0.25, 0.3) is 0 Å². The van der Waals surface area contributed by atoms with E-state index in [-0.39, 0.29) is 24.5 Å². The number of amides is 2. The van der Waals surface area contributed by atoms with Gasteiger partial charge in [0.15, 0.2) is 0 Å². The molecule has 1 fully saturated rings. The Labute approximate surface area is 205 Å². The zero-order valence-electron chi connectivity index (χ0n) is 20.2. The van der Waals surface area contributed by atoms with Crippen LogP contribution in [0.2, 0.25) is 0 Å². The zero-order chi connectivity index (χ0) is 24.9. The van der Waals surface area contributed by atoms with Crippen LogP contribution in [0.4, 0.5) is 4.79 Å². The lowest BCUT2D eigenvalue weighted by molar-refractivity contribution is -0.142. The number of carbonyl (C=O) groups excluding carboxylic acids is 2. The molecule has 4 rings (SSSR count). The molecule has 0 spiro atoms. The molecule has 35 heavy (non-hydrogen) atoms. The van der Waals surface area contributed by atoms with E-state index >= 15 is 0 Å². The van der Waals surface area contributed by atoms with Crippen molar-refractivity contribution in [2.45, 2.75) is 43.7 Å². The second kappa shape index (κ2) is 10.9. The van der Waals surface area contributed by atoms with Gasteiger partial charge in [-0.05, 0) is 55.6 Å². The smallest absolute Gasteiger partial charge is 0.407 e. The van der Waals surface area contributed by atoms with E-state index < -0.39 is 24.0 Å². The molecule has 0 aromatic heterocycles. The first kappa shape index (κ1) is 24.7. The first-order valence-corrected chi connectivity index (χ1v) is 12.1. The van der Waals surface area contributed by atoms with E-state index in [1.54, 1.807) is 0 Å². The lowest BCUT2D eigenvalue weighted by Gasteiger charge is -2.23. The van der Waals surface area contributed by atoms with Gasteiger partial charge in [0.2, 0.25) is 5.91 Å². The van der Waals surface area contributed by atoms with Crippen LogP contribution in [-0.4, -0.2) is 67.3 Å². The van der Waals surface area contributed by atoms with Crippen LogP contribution in [0.15, 0.2) is 48.5 Å². The van der Waals surface area contributed by atoms with Crippen molar-refractivity contribution in [3.8, 4) is 11.1 Å². The molecule has 8 heteroatoms. The molecule has 0 radical (unpaired) electrons. The molecule has 0 saturated heterocycles. The summed E-state index contributed by atoms with van der Waals surface area (Å²) in [6.07, 6.45) is 1.78. The SMILES string of the molecule is CN(C)CCC(NC(=O)[C@@H]1CCC[C@@H]1NC(=O)OCC1c2ccccc2-c2ccccc21)C(=O)O. The Morgan fingerprint density at radius 3 is 2.26 bits per heavy atom. The van der Waals surface area contributed by atoms with Gasteiger partial charge in [-0.3, -0.25) is 4.79 Å². The molecule has 1 saturated carbocycles. The third-order valence-corrected chi connectivity index (χ3v) is 6.98. The Morgan fingerprint density at radius 2 is 1.66 bits per heavy atom. The van der Waals surface area contributed by atoms with Gasteiger partial charge in [-0.25, -0.2) is 9.59 Å². The molecule has 3 N–H and O–H groups in total. The number of hydrogen-bond donors (Lipinski definition) is 3. The second-order valence-corrected chi connectivity index (χ2v) is 9.61. The van der Waals surface area contributed by atoms with Gasteiger partial charge < -0.3 is 25.4 Å². The van der Waals surface area contributed by atoms with Crippen molar-refractivity contribution in [3.63, 3.8) is 0 Å². The molecule has 0 bridgehead atoms. The maximum atomic E-state index is 12.9. The standard InChI is InChI=1S/C27H33N3O5/c1-30(2)15-14-24(26(32)33)28-25(31)21-12-7-13-23(21)29-27(34)35-16-22-19-10-5-3-8-17(19)18-9-4-6-11-20(18)22/h3-6,8-11,21-24H,7,12-16H2,1-2H3,(H,28,31)(H,29,34)(H,32,33)/t21-,23+,24?/m1/s1. The maximum Gasteiger partial charge on any atom is 0.407 e. The number of rotatable bonds is 9. The average molecular weight is 480 g/mol. The van der Waals surface area contributed by atoms with Crippen molar-refractivity contribution in [3.05, 3.63) is 59.7 Å². The quantitative estimate of drug-likeness (QED) is 0.510. The van der Waals surface area contributed by atoms with Crippen LogP contribution in [0.5, 0.6) is 0 Å². The molecule has 2 amide bonds. The fourth-order valence-electron chi connectivity index (χ4n) is 5.16. The number of benzene rings is 2. The molecule has 2 aromatic rings. The third kappa shape index (κ3) is 5.65. The molecule has 2 aromatic carbocycles. The van der Waals surface area contributed by atoms with E-state index in [0.717, 1.165) is 28.7 Å². The highest BCUT2D eigenvalue weighted by molar-refractivity contribution is 5.86. The fraction of sp³-hybridized carbons (Fsp3) is 0.444. The van der Waals surface area contributed by atoms with Gasteiger partial charge in [-0.15, -0.1) is 0 Å². The van der Waals surface area contributed by atoms with E-state index in [1.807, 2.05) is 43.3 Å². The lowest BCUT2D eigenvalue weighted by atomic mass is 9.98. The van der Waals surface area contributed by atoms with E-state index in [0.29, 0.717) is 25.8 Å². The summed E-state index contributed by atoms with van der Waals surface area (Å²) >= 11 is 0. The van der Waals surface area contributed by atoms with E-state index in [2.05, 4.69) is 34.9 Å². The molecule has 2 aliphatic rings. The summed E-state index contributed by atoms with van der Waals surface area (Å²) < 4.78 is 5.63. The van der Waals surface area contributed by atoms with E-state index in [4.69, 9.17) is 4.74 Å². The molecule has 1 unspecified atom stereocenters. The van der Waals surface area contributed by atoms with Crippen molar-refractivity contribution < 1.29 is 24.2 Å². The number of carboxylic acids is 1. The van der Waals surface area contributed by atoms with Crippen LogP contribution < -0.4 is 10.6 Å². The van der Waals surface area contributed by atoms with Crippen molar-refractivity contribution in [2.75, 3.05) is 27.2 Å². The molecule has 2 aliphatic carbocycles. The summed E-state index contributed by atoms with van der Waals surface area (Å²) in [5.41, 5.74) is 4.59. The normalized spacial score (nSPS) is 19.6. The molecule has 8 nitrogen and oxygen atoms in total. The molecular formula is C27H33N3O5. The van der Waals surface area contributed by atoms with Gasteiger partial charge >= 0.3 is 12.1 Å². The van der Waals surface area contributed by atoms with Crippen LogP contribution in [0.3, 0.4) is 0 Å². The van der Waals surface area contributed by atoms with Gasteiger partial charge in [-0.1, -0.05) is 55.0 Å². The van der Waals surface area contributed by atoms with Gasteiger partial charge in [0, 0.05) is 18.5 Å². The van der Waals surface area contributed by atoms with Crippen molar-refractivity contribution in [2.24, 2.45) is 5.92 Å². The number of nitrogens with zero attached hydrogens (tertiary/aromatic N) is 1. The lowest BCUT2D eigenvalue weighted by Crippen LogP contribution is -2.49. The summed E-state index contributed by atoms with van der Waals surface area (Å²) in [7, 11) is 3.71. The Balaban J connectivity index is 1.34. The molecular weight excluding hydrogens is 446 g/mol. The topological polar surface area (TPSA) is 108 Å². The third-order valence-electron chi connectivity index (χ3n) is 6.98. The minimum atomic E-state index is -1.06. The molecule has 0 aliphatic heterocycles. The number of fused-ring (bicyclic) bond motifs is 3. The molecule has 186 valence electrons. The van der Waals surface area contributed by atoms with Gasteiger partial charge in [0.05, 0.1) is 5.92 Å². The zero-order valence-corrected chi connectivity index (χ0v) is 20.2. The summed E-state index contributed by atoms with van der Waals surface area (Å²) in [6.45, 7) is 0.748. The maximum absolute atomic E-state index is 12.9. The second-order valence-electron chi connectivity index (χ2n) is 9.61. The Morgan fingerprint density at radius 1 is 1.03 bits per heavy atom. The van der Waals surface area contributed by atoms with Crippen molar-refractivity contribution in [1.82, 2.24) is 15.5 Å². The number of carboxylic acid groups (broad SMARTS) is 1. The Kier molecular flexibility index (Phi) is 7.70. The number of hydrogen-bond acceptors (Lipinski definition) is 5. The van der Waals surface area contributed by atoms with Crippen LogP contribution >= 0.6 is 0 Å². The fourth-order valence-corrected chi connectivity index (χ4v) is 5.16. The van der Waals surface area contributed by atoms with Crippen molar-refractivity contribution in [1.29, 1.82) is 0 Å². The van der Waals surface area contributed by atoms with Gasteiger partial charge in [-0.2, -0.15) is 0 Å². The van der Waals surface area contributed by atoms with Crippen molar-refractivity contribution >= 4 is 18.0 Å². The Bertz CT molecular complexity index is 1040. The summed E-state index contributed by atoms with van der Waals surface area (Å²) in [6, 6.07) is 14.9. The highest BCUT2D eigenvalue weighted by Crippen LogP contribution is 2.44. The first-order chi connectivity index (χ1) is 16.8. The molecule has 0 heterocycles. The summed E-state index contributed by atoms with van der Waals surface area (Å²) in [5, 5.41) is 15.0. The number of ether oxygens (including phenoxy) is 1. The highest BCUT2D eigenvalue weighted by Gasteiger charge is 2.36. The number of carbonyl (C=O) groups is 3. The Hall–Kier alpha value is -3.39. The summed E-state index contributed by atoms with van der Waals surface area (Å²) in [5.74, 6) is -1.91. The predicted octanol–water partition coefficient (Wildman–Crippen LogP) is 3.21. The first-order valence-electron chi connectivity index (χ1n) is 12.1. The van der Waals surface area contributed by atoms with Crippen LogP contribution in [-0.2, 0) is 14.3 Å². The number of aliphatic carboxylic acids is 1. The average Bonchev–Trinajstić information content (AvgIpc) is 3.42. The van der Waals surface area contributed by atoms with E-state index in [9.17, 15) is 19.5 Å². The summed E-state index contributed by atoms with van der Waals surface area (Å²) in [4.78, 5) is 39.0. The highest BCUT2D eigenvalue weighted by atomic mass is 16.5. The number of alkyl carbamates (subject to hydrolysis) is 1.